The maximum absolute atomic E-state index is 11.5. The van der Waals surface area contributed by atoms with Gasteiger partial charge >= 0.3 is 11.8 Å². The molecule has 2 amide bonds. The Kier molecular flexibility index (Phi) is 4.70. The molecule has 0 fully saturated rings. The smallest absolute Gasteiger partial charge is 0.329 e. The number of phenols is 1. The molecule has 1 aromatic heterocycles. The van der Waals surface area contributed by atoms with E-state index in [0.29, 0.717) is 11.3 Å². The summed E-state index contributed by atoms with van der Waals surface area (Å²) in [6, 6.07) is 9.56. The molecule has 0 bridgehead atoms. The number of nitrogens with one attached hydrogen (secondary N) is 2. The van der Waals surface area contributed by atoms with Gasteiger partial charge in [-0.2, -0.15) is 5.10 Å². The maximum Gasteiger partial charge on any atom is 0.329 e. The summed E-state index contributed by atoms with van der Waals surface area (Å²) in [5.41, 5.74) is 2.77. The zero-order valence-electron chi connectivity index (χ0n) is 10.9. The van der Waals surface area contributed by atoms with Crippen molar-refractivity contribution in [2.24, 2.45) is 5.10 Å². The summed E-state index contributed by atoms with van der Waals surface area (Å²) in [6.07, 6.45) is 2.83. The molecule has 1 aromatic carbocycles. The van der Waals surface area contributed by atoms with E-state index in [2.05, 4.69) is 15.8 Å². The molecular formula is C14H13N3O4. The average Bonchev–Trinajstić information content (AvgIpc) is 3.00. The van der Waals surface area contributed by atoms with Gasteiger partial charge in [0.2, 0.25) is 0 Å². The zero-order chi connectivity index (χ0) is 15.1. The number of benzene rings is 1. The molecule has 0 saturated carbocycles. The maximum atomic E-state index is 11.5. The van der Waals surface area contributed by atoms with E-state index in [0.717, 1.165) is 0 Å². The van der Waals surface area contributed by atoms with Crippen molar-refractivity contribution >= 4 is 18.0 Å². The Bertz CT molecular complexity index is 633. The highest BCUT2D eigenvalue weighted by atomic mass is 16.3. The summed E-state index contributed by atoms with van der Waals surface area (Å²) in [5, 5.41) is 15.1. The SMILES string of the molecule is O=C(NCc1ccco1)C(=O)N/N=C\c1ccc(O)cc1. The molecule has 3 N–H and O–H groups in total. The van der Waals surface area contributed by atoms with E-state index >= 15 is 0 Å². The number of hydrazone groups is 1. The van der Waals surface area contributed by atoms with Gasteiger partial charge < -0.3 is 14.8 Å². The quantitative estimate of drug-likeness (QED) is 0.438. The van der Waals surface area contributed by atoms with Crippen LogP contribution in [0.15, 0.2) is 52.2 Å². The van der Waals surface area contributed by atoms with Crippen molar-refractivity contribution in [2.75, 3.05) is 0 Å². The molecule has 0 atom stereocenters. The Morgan fingerprint density at radius 3 is 2.62 bits per heavy atom. The third-order valence-electron chi connectivity index (χ3n) is 2.48. The molecule has 2 aromatic rings. The molecule has 21 heavy (non-hydrogen) atoms. The second kappa shape index (κ2) is 6.90. The van der Waals surface area contributed by atoms with E-state index in [9.17, 15) is 9.59 Å². The van der Waals surface area contributed by atoms with Gasteiger partial charge in [0.25, 0.3) is 0 Å². The zero-order valence-corrected chi connectivity index (χ0v) is 10.9. The summed E-state index contributed by atoms with van der Waals surface area (Å²) in [7, 11) is 0. The summed E-state index contributed by atoms with van der Waals surface area (Å²) >= 11 is 0. The van der Waals surface area contributed by atoms with Gasteiger partial charge in [0.05, 0.1) is 19.0 Å². The van der Waals surface area contributed by atoms with Gasteiger partial charge in [0.1, 0.15) is 11.5 Å². The van der Waals surface area contributed by atoms with Crippen LogP contribution in [-0.4, -0.2) is 23.1 Å². The van der Waals surface area contributed by atoms with Gasteiger partial charge in [-0.15, -0.1) is 0 Å². The van der Waals surface area contributed by atoms with Crippen LogP contribution in [0.25, 0.3) is 0 Å². The average molecular weight is 287 g/mol. The van der Waals surface area contributed by atoms with Crippen LogP contribution in [0, 0.1) is 0 Å². The van der Waals surface area contributed by atoms with Crippen molar-refractivity contribution in [1.82, 2.24) is 10.7 Å². The molecule has 1 heterocycles. The molecule has 0 unspecified atom stereocenters. The number of carbonyl (C=O) groups excluding carboxylic acids is 2. The molecule has 0 saturated heterocycles. The highest BCUT2D eigenvalue weighted by Crippen LogP contribution is 2.07. The first-order valence-corrected chi connectivity index (χ1v) is 6.08. The van der Waals surface area contributed by atoms with Gasteiger partial charge in [-0.3, -0.25) is 9.59 Å². The second-order valence-electron chi connectivity index (χ2n) is 4.05. The third-order valence-corrected chi connectivity index (χ3v) is 2.48. The molecule has 0 radical (unpaired) electrons. The second-order valence-corrected chi connectivity index (χ2v) is 4.05. The summed E-state index contributed by atoms with van der Waals surface area (Å²) in [6.45, 7) is 0.126. The van der Waals surface area contributed by atoms with Crippen LogP contribution in [0.1, 0.15) is 11.3 Å². The molecule has 7 nitrogen and oxygen atoms in total. The van der Waals surface area contributed by atoms with Crippen molar-refractivity contribution < 1.29 is 19.1 Å². The van der Waals surface area contributed by atoms with E-state index in [1.54, 1.807) is 24.3 Å². The fourth-order valence-corrected chi connectivity index (χ4v) is 1.44. The van der Waals surface area contributed by atoms with Crippen molar-refractivity contribution in [3.8, 4) is 5.75 Å². The lowest BCUT2D eigenvalue weighted by molar-refractivity contribution is -0.139. The number of nitrogens with zero attached hydrogens (tertiary/aromatic N) is 1. The number of rotatable bonds is 4. The number of amides is 2. The predicted octanol–water partition coefficient (Wildman–Crippen LogP) is 0.752. The summed E-state index contributed by atoms with van der Waals surface area (Å²) in [5.74, 6) is -1.01. The molecule has 0 aliphatic rings. The van der Waals surface area contributed by atoms with Gasteiger partial charge in [0, 0.05) is 0 Å². The molecule has 108 valence electrons. The Balaban J connectivity index is 1.78. The van der Waals surface area contributed by atoms with Crippen molar-refractivity contribution in [3.05, 3.63) is 54.0 Å². The molecule has 2 rings (SSSR count). The largest absolute Gasteiger partial charge is 0.508 e. The fourth-order valence-electron chi connectivity index (χ4n) is 1.44. The van der Waals surface area contributed by atoms with Gasteiger partial charge in [-0.25, -0.2) is 5.43 Å². The van der Waals surface area contributed by atoms with Crippen molar-refractivity contribution in [1.29, 1.82) is 0 Å². The highest BCUT2D eigenvalue weighted by Gasteiger charge is 2.12. The summed E-state index contributed by atoms with van der Waals surface area (Å²) < 4.78 is 5.02. The van der Waals surface area contributed by atoms with Crippen LogP contribution in [0.4, 0.5) is 0 Å². The number of furan rings is 1. The van der Waals surface area contributed by atoms with Crippen LogP contribution in [-0.2, 0) is 16.1 Å². The van der Waals surface area contributed by atoms with E-state index in [1.807, 2.05) is 0 Å². The third kappa shape index (κ3) is 4.50. The van der Waals surface area contributed by atoms with Crippen LogP contribution < -0.4 is 10.7 Å². The first kappa shape index (κ1) is 14.3. The lowest BCUT2D eigenvalue weighted by Gasteiger charge is -2.01. The first-order valence-electron chi connectivity index (χ1n) is 6.08. The first-order chi connectivity index (χ1) is 10.1. The van der Waals surface area contributed by atoms with Crippen LogP contribution >= 0.6 is 0 Å². The van der Waals surface area contributed by atoms with Crippen LogP contribution in [0.2, 0.25) is 0 Å². The number of hydrogen-bond donors (Lipinski definition) is 3. The molecule has 0 aliphatic carbocycles. The molecule has 0 aliphatic heterocycles. The molecule has 0 spiro atoms. The van der Waals surface area contributed by atoms with Gasteiger partial charge in [0.15, 0.2) is 0 Å². The highest BCUT2D eigenvalue weighted by molar-refractivity contribution is 6.35. The monoisotopic (exact) mass is 287 g/mol. The normalized spacial score (nSPS) is 10.5. The van der Waals surface area contributed by atoms with Crippen LogP contribution in [0.5, 0.6) is 5.75 Å². The van der Waals surface area contributed by atoms with Gasteiger partial charge in [-0.1, -0.05) is 0 Å². The summed E-state index contributed by atoms with van der Waals surface area (Å²) in [4.78, 5) is 22.9. The molecular weight excluding hydrogens is 274 g/mol. The Labute approximate surface area is 120 Å². The topological polar surface area (TPSA) is 104 Å². The standard InChI is InChI=1S/C14H13N3O4/c18-11-5-3-10(4-6-11)8-16-17-14(20)13(19)15-9-12-2-1-7-21-12/h1-8,18H,9H2,(H,15,19)(H,17,20)/b16-8-. The number of aromatic hydroxyl groups is 1. The van der Waals surface area contributed by atoms with Crippen LogP contribution in [0.3, 0.4) is 0 Å². The number of carbonyl (C=O) groups is 2. The van der Waals surface area contributed by atoms with Gasteiger partial charge in [-0.05, 0) is 42.0 Å². The Hall–Kier alpha value is -3.09. The lowest BCUT2D eigenvalue weighted by Crippen LogP contribution is -2.37. The minimum absolute atomic E-state index is 0.126. The minimum Gasteiger partial charge on any atom is -0.508 e. The Morgan fingerprint density at radius 1 is 1.19 bits per heavy atom. The van der Waals surface area contributed by atoms with E-state index in [-0.39, 0.29) is 12.3 Å². The van der Waals surface area contributed by atoms with E-state index < -0.39 is 11.8 Å². The minimum atomic E-state index is -0.878. The van der Waals surface area contributed by atoms with Crippen molar-refractivity contribution in [2.45, 2.75) is 6.54 Å². The Morgan fingerprint density at radius 2 is 1.95 bits per heavy atom. The van der Waals surface area contributed by atoms with Crippen molar-refractivity contribution in [3.63, 3.8) is 0 Å². The van der Waals surface area contributed by atoms with E-state index in [1.165, 1.54) is 24.6 Å². The number of hydrogen-bond acceptors (Lipinski definition) is 5. The lowest BCUT2D eigenvalue weighted by atomic mass is 10.2. The molecule has 7 heteroatoms. The number of phenolic OH excluding ortho intramolecular Hbond substituents is 1. The van der Waals surface area contributed by atoms with E-state index in [4.69, 9.17) is 9.52 Å². The predicted molar refractivity (Wildman–Crippen MR) is 74.4 cm³/mol. The fraction of sp³-hybridized carbons (Fsp3) is 0.0714.